The van der Waals surface area contributed by atoms with E-state index >= 15 is 0 Å². The van der Waals surface area contributed by atoms with E-state index in [4.69, 9.17) is 5.73 Å². The molecule has 82 valence electrons. The molecule has 0 saturated carbocycles. The lowest BCUT2D eigenvalue weighted by Crippen LogP contribution is -2.27. The van der Waals surface area contributed by atoms with Crippen molar-refractivity contribution >= 4 is 22.9 Å². The van der Waals surface area contributed by atoms with Gasteiger partial charge in [-0.1, -0.05) is 25.1 Å². The maximum absolute atomic E-state index is 5.67. The van der Waals surface area contributed by atoms with Crippen LogP contribution in [0.4, 0.5) is 5.69 Å². The van der Waals surface area contributed by atoms with E-state index < -0.39 is 0 Å². The molecule has 0 unspecified atom stereocenters. The predicted octanol–water partition coefficient (Wildman–Crippen LogP) is 1.59. The standard InChI is InChI=1S/C11H13N5/c1-2-9-10(11(12)16-14-9)15-13-8-6-4-3-5-7-8/h3-7,13H,2H2,1H3,(H2,12,15,16). The van der Waals surface area contributed by atoms with Gasteiger partial charge in [-0.15, -0.1) is 5.10 Å². The van der Waals surface area contributed by atoms with E-state index in [0.717, 1.165) is 17.8 Å². The first-order valence-electron chi connectivity index (χ1n) is 5.10. The zero-order valence-electron chi connectivity index (χ0n) is 9.01. The van der Waals surface area contributed by atoms with Gasteiger partial charge in [0.05, 0.1) is 11.4 Å². The molecule has 0 aromatic heterocycles. The Morgan fingerprint density at radius 1 is 1.25 bits per heavy atom. The highest BCUT2D eigenvalue weighted by Crippen LogP contribution is 2.06. The molecule has 1 aliphatic rings. The van der Waals surface area contributed by atoms with E-state index in [0.29, 0.717) is 11.5 Å². The largest absolute Gasteiger partial charge is 0.380 e. The quantitative estimate of drug-likeness (QED) is 0.751. The van der Waals surface area contributed by atoms with Gasteiger partial charge in [0, 0.05) is 0 Å². The minimum Gasteiger partial charge on any atom is -0.380 e. The van der Waals surface area contributed by atoms with E-state index in [1.54, 1.807) is 0 Å². The summed E-state index contributed by atoms with van der Waals surface area (Å²) in [5, 5.41) is 11.9. The lowest BCUT2D eigenvalue weighted by atomic mass is 10.2. The van der Waals surface area contributed by atoms with E-state index in [1.807, 2.05) is 37.3 Å². The fraction of sp³-hybridized carbons (Fsp3) is 0.182. The monoisotopic (exact) mass is 215 g/mol. The van der Waals surface area contributed by atoms with Crippen LogP contribution in [-0.4, -0.2) is 17.3 Å². The van der Waals surface area contributed by atoms with Gasteiger partial charge in [-0.05, 0) is 18.6 Å². The van der Waals surface area contributed by atoms with Crippen molar-refractivity contribution in [3.8, 4) is 0 Å². The summed E-state index contributed by atoms with van der Waals surface area (Å²) in [6.45, 7) is 1.99. The molecule has 5 nitrogen and oxygen atoms in total. The number of hydrogen-bond donors (Lipinski definition) is 2. The average Bonchev–Trinajstić information content (AvgIpc) is 2.69. The summed E-state index contributed by atoms with van der Waals surface area (Å²) in [6, 6.07) is 9.67. The number of para-hydroxylation sites is 1. The number of hydrazone groups is 1. The number of nitrogens with two attached hydrogens (primary N) is 1. The number of nitrogens with zero attached hydrogens (tertiary/aromatic N) is 3. The van der Waals surface area contributed by atoms with Crippen molar-refractivity contribution in [3.63, 3.8) is 0 Å². The van der Waals surface area contributed by atoms with Crippen LogP contribution >= 0.6 is 0 Å². The highest BCUT2D eigenvalue weighted by atomic mass is 15.3. The van der Waals surface area contributed by atoms with E-state index in [2.05, 4.69) is 20.7 Å². The third-order valence-electron chi connectivity index (χ3n) is 2.20. The second kappa shape index (κ2) is 4.57. The second-order valence-electron chi connectivity index (χ2n) is 3.32. The maximum Gasteiger partial charge on any atom is 0.175 e. The molecule has 2 rings (SSSR count). The van der Waals surface area contributed by atoms with Crippen LogP contribution in [0.15, 0.2) is 45.6 Å². The minimum absolute atomic E-state index is 0.361. The Labute approximate surface area is 93.8 Å². The van der Waals surface area contributed by atoms with Crippen molar-refractivity contribution < 1.29 is 0 Å². The number of hydrogen-bond acceptors (Lipinski definition) is 5. The van der Waals surface area contributed by atoms with Crippen LogP contribution in [0, 0.1) is 0 Å². The van der Waals surface area contributed by atoms with Crippen LogP contribution in [0.25, 0.3) is 0 Å². The molecule has 0 bridgehead atoms. The number of amidine groups is 1. The molecule has 0 spiro atoms. The van der Waals surface area contributed by atoms with Gasteiger partial charge in [-0.2, -0.15) is 10.2 Å². The molecule has 0 amide bonds. The van der Waals surface area contributed by atoms with Crippen molar-refractivity contribution in [2.45, 2.75) is 13.3 Å². The van der Waals surface area contributed by atoms with E-state index in [-0.39, 0.29) is 0 Å². The van der Waals surface area contributed by atoms with Crippen LogP contribution < -0.4 is 11.2 Å². The van der Waals surface area contributed by atoms with Crippen molar-refractivity contribution in [3.05, 3.63) is 30.3 Å². The van der Waals surface area contributed by atoms with Gasteiger partial charge in [-0.3, -0.25) is 5.43 Å². The van der Waals surface area contributed by atoms with Crippen molar-refractivity contribution in [2.75, 3.05) is 5.43 Å². The highest BCUT2D eigenvalue weighted by molar-refractivity contribution is 6.69. The van der Waals surface area contributed by atoms with Gasteiger partial charge in [0.1, 0.15) is 0 Å². The van der Waals surface area contributed by atoms with Crippen LogP contribution in [0.2, 0.25) is 0 Å². The fourth-order valence-electron chi connectivity index (χ4n) is 1.35. The Morgan fingerprint density at radius 3 is 2.69 bits per heavy atom. The molecule has 0 saturated heterocycles. The summed E-state index contributed by atoms with van der Waals surface area (Å²) in [6.07, 6.45) is 0.763. The van der Waals surface area contributed by atoms with Crippen molar-refractivity contribution in [2.24, 2.45) is 21.0 Å². The average molecular weight is 215 g/mol. The topological polar surface area (TPSA) is 75.1 Å². The predicted molar refractivity (Wildman–Crippen MR) is 66.8 cm³/mol. The van der Waals surface area contributed by atoms with Gasteiger partial charge in [0.2, 0.25) is 0 Å². The highest BCUT2D eigenvalue weighted by Gasteiger charge is 2.17. The first-order valence-corrected chi connectivity index (χ1v) is 5.10. The first kappa shape index (κ1) is 10.4. The third-order valence-corrected chi connectivity index (χ3v) is 2.20. The van der Waals surface area contributed by atoms with Gasteiger partial charge in [0.15, 0.2) is 11.5 Å². The number of rotatable bonds is 3. The number of benzene rings is 1. The third kappa shape index (κ3) is 2.08. The number of anilines is 1. The molecule has 0 atom stereocenters. The number of nitrogens with one attached hydrogen (secondary N) is 1. The Kier molecular flexibility index (Phi) is 2.95. The van der Waals surface area contributed by atoms with Crippen molar-refractivity contribution in [1.82, 2.24) is 0 Å². The van der Waals surface area contributed by atoms with Crippen molar-refractivity contribution in [1.29, 1.82) is 0 Å². The first-order chi connectivity index (χ1) is 7.81. The van der Waals surface area contributed by atoms with Gasteiger partial charge < -0.3 is 5.73 Å². The molecule has 1 aromatic carbocycles. The molecule has 1 aliphatic heterocycles. The summed E-state index contributed by atoms with van der Waals surface area (Å²) >= 11 is 0. The van der Waals surface area contributed by atoms with E-state index in [1.165, 1.54) is 0 Å². The lowest BCUT2D eigenvalue weighted by Gasteiger charge is -2.02. The van der Waals surface area contributed by atoms with Crippen LogP contribution in [-0.2, 0) is 0 Å². The maximum atomic E-state index is 5.67. The summed E-state index contributed by atoms with van der Waals surface area (Å²) in [5.74, 6) is 0.361. The molecule has 3 N–H and O–H groups in total. The SMILES string of the molecule is CCC1=NN=C(N)/C1=N/Nc1ccccc1. The molecule has 16 heavy (non-hydrogen) atoms. The molecule has 1 aromatic rings. The molecular formula is C11H13N5. The summed E-state index contributed by atoms with van der Waals surface area (Å²) < 4.78 is 0. The van der Waals surface area contributed by atoms with Gasteiger partial charge in [0.25, 0.3) is 0 Å². The van der Waals surface area contributed by atoms with Crippen LogP contribution in [0.1, 0.15) is 13.3 Å². The molecule has 0 radical (unpaired) electrons. The zero-order chi connectivity index (χ0) is 11.4. The summed E-state index contributed by atoms with van der Waals surface area (Å²) in [4.78, 5) is 0. The van der Waals surface area contributed by atoms with Gasteiger partial charge >= 0.3 is 0 Å². The van der Waals surface area contributed by atoms with Crippen LogP contribution in [0.5, 0.6) is 0 Å². The summed E-state index contributed by atoms with van der Waals surface area (Å²) in [7, 11) is 0. The summed E-state index contributed by atoms with van der Waals surface area (Å²) in [5.41, 5.74) is 10.9. The van der Waals surface area contributed by atoms with Crippen LogP contribution in [0.3, 0.4) is 0 Å². The zero-order valence-corrected chi connectivity index (χ0v) is 9.01. The normalized spacial score (nSPS) is 17.2. The Hall–Kier alpha value is -2.17. The molecule has 0 aliphatic carbocycles. The Morgan fingerprint density at radius 2 is 2.00 bits per heavy atom. The second-order valence-corrected chi connectivity index (χ2v) is 3.32. The molecule has 0 fully saturated rings. The lowest BCUT2D eigenvalue weighted by molar-refractivity contribution is 1.20. The van der Waals surface area contributed by atoms with Gasteiger partial charge in [-0.25, -0.2) is 0 Å². The minimum atomic E-state index is 0.361. The smallest absolute Gasteiger partial charge is 0.175 e. The van der Waals surface area contributed by atoms with E-state index in [9.17, 15) is 0 Å². The molecule has 1 heterocycles. The fourth-order valence-corrected chi connectivity index (χ4v) is 1.35. The molecular weight excluding hydrogens is 202 g/mol. The Bertz CT molecular complexity index is 459. The molecule has 5 heteroatoms. The Balaban J connectivity index is 2.13.